The van der Waals surface area contributed by atoms with Crippen molar-refractivity contribution < 1.29 is 0 Å². The number of aryl methyl sites for hydroxylation is 2. The third-order valence-electron chi connectivity index (χ3n) is 3.15. The molecule has 0 spiro atoms. The van der Waals surface area contributed by atoms with Crippen LogP contribution in [0.15, 0.2) is 46.9 Å². The van der Waals surface area contributed by atoms with Gasteiger partial charge in [-0.05, 0) is 43.0 Å². The van der Waals surface area contributed by atoms with Gasteiger partial charge in [0.1, 0.15) is 0 Å². The first kappa shape index (κ1) is 13.3. The SMILES string of the molecule is Cc1cccc(CC(N)c2ccc(Br)c(C)c2)c1. The first-order chi connectivity index (χ1) is 8.56. The lowest BCUT2D eigenvalue weighted by molar-refractivity contribution is 0.720. The molecular formula is C16H18BrN. The smallest absolute Gasteiger partial charge is 0.0335 e. The maximum atomic E-state index is 6.28. The topological polar surface area (TPSA) is 26.0 Å². The van der Waals surface area contributed by atoms with Gasteiger partial charge in [0.05, 0.1) is 0 Å². The molecule has 2 aromatic carbocycles. The molecule has 0 aliphatic carbocycles. The molecule has 2 heteroatoms. The minimum atomic E-state index is 0.0543. The number of nitrogens with two attached hydrogens (primary N) is 1. The molecular weight excluding hydrogens is 286 g/mol. The van der Waals surface area contributed by atoms with E-state index in [1.165, 1.54) is 22.3 Å². The van der Waals surface area contributed by atoms with E-state index in [2.05, 4.69) is 72.2 Å². The van der Waals surface area contributed by atoms with E-state index in [-0.39, 0.29) is 6.04 Å². The quantitative estimate of drug-likeness (QED) is 0.898. The van der Waals surface area contributed by atoms with Crippen LogP contribution in [-0.4, -0.2) is 0 Å². The summed E-state index contributed by atoms with van der Waals surface area (Å²) in [5.74, 6) is 0. The van der Waals surface area contributed by atoms with Gasteiger partial charge in [-0.15, -0.1) is 0 Å². The molecule has 2 aromatic rings. The van der Waals surface area contributed by atoms with Crippen molar-refractivity contribution in [1.82, 2.24) is 0 Å². The van der Waals surface area contributed by atoms with Crippen LogP contribution in [0.2, 0.25) is 0 Å². The third-order valence-corrected chi connectivity index (χ3v) is 4.04. The Balaban J connectivity index is 2.16. The Kier molecular flexibility index (Phi) is 4.20. The molecule has 0 heterocycles. The first-order valence-electron chi connectivity index (χ1n) is 6.13. The highest BCUT2D eigenvalue weighted by molar-refractivity contribution is 9.10. The highest BCUT2D eigenvalue weighted by Gasteiger charge is 2.08. The van der Waals surface area contributed by atoms with E-state index in [1.54, 1.807) is 0 Å². The molecule has 0 fully saturated rings. The van der Waals surface area contributed by atoms with Gasteiger partial charge >= 0.3 is 0 Å². The zero-order valence-corrected chi connectivity index (χ0v) is 12.4. The summed E-state index contributed by atoms with van der Waals surface area (Å²) >= 11 is 3.51. The summed E-state index contributed by atoms with van der Waals surface area (Å²) < 4.78 is 1.13. The zero-order valence-electron chi connectivity index (χ0n) is 10.8. The Morgan fingerprint density at radius 1 is 1.11 bits per heavy atom. The van der Waals surface area contributed by atoms with Crippen LogP contribution >= 0.6 is 15.9 Å². The van der Waals surface area contributed by atoms with E-state index < -0.39 is 0 Å². The molecule has 0 aliphatic heterocycles. The van der Waals surface area contributed by atoms with Crippen molar-refractivity contribution in [2.45, 2.75) is 26.3 Å². The Morgan fingerprint density at radius 2 is 1.89 bits per heavy atom. The number of hydrogen-bond donors (Lipinski definition) is 1. The highest BCUT2D eigenvalue weighted by atomic mass is 79.9. The summed E-state index contributed by atoms with van der Waals surface area (Å²) in [4.78, 5) is 0. The van der Waals surface area contributed by atoms with Crippen LogP contribution in [0.1, 0.15) is 28.3 Å². The monoisotopic (exact) mass is 303 g/mol. The lowest BCUT2D eigenvalue weighted by Gasteiger charge is -2.14. The normalized spacial score (nSPS) is 12.4. The summed E-state index contributed by atoms with van der Waals surface area (Å²) in [6, 6.07) is 14.9. The van der Waals surface area contributed by atoms with E-state index in [0.29, 0.717) is 0 Å². The van der Waals surface area contributed by atoms with Crippen molar-refractivity contribution in [3.63, 3.8) is 0 Å². The summed E-state index contributed by atoms with van der Waals surface area (Å²) in [6.45, 7) is 4.20. The zero-order chi connectivity index (χ0) is 13.1. The molecule has 0 amide bonds. The van der Waals surface area contributed by atoms with Gasteiger partial charge in [-0.2, -0.15) is 0 Å². The van der Waals surface area contributed by atoms with Crippen LogP contribution in [0.5, 0.6) is 0 Å². The summed E-state index contributed by atoms with van der Waals surface area (Å²) in [5, 5.41) is 0. The third kappa shape index (κ3) is 3.21. The molecule has 18 heavy (non-hydrogen) atoms. The van der Waals surface area contributed by atoms with E-state index >= 15 is 0 Å². The average Bonchev–Trinajstić information content (AvgIpc) is 2.32. The number of halogens is 1. The fourth-order valence-corrected chi connectivity index (χ4v) is 2.36. The predicted octanol–water partition coefficient (Wildman–Crippen LogP) is 4.31. The Morgan fingerprint density at radius 3 is 2.56 bits per heavy atom. The first-order valence-corrected chi connectivity index (χ1v) is 6.93. The van der Waals surface area contributed by atoms with E-state index in [9.17, 15) is 0 Å². The van der Waals surface area contributed by atoms with Crippen LogP contribution in [0.4, 0.5) is 0 Å². The number of hydrogen-bond acceptors (Lipinski definition) is 1. The molecule has 1 unspecified atom stereocenters. The second kappa shape index (κ2) is 5.68. The molecule has 0 saturated heterocycles. The van der Waals surface area contributed by atoms with E-state index in [0.717, 1.165) is 10.9 Å². The fraction of sp³-hybridized carbons (Fsp3) is 0.250. The van der Waals surface area contributed by atoms with Crippen molar-refractivity contribution in [2.24, 2.45) is 5.73 Å². The van der Waals surface area contributed by atoms with Gasteiger partial charge in [-0.3, -0.25) is 0 Å². The minimum Gasteiger partial charge on any atom is -0.324 e. The minimum absolute atomic E-state index is 0.0543. The molecule has 94 valence electrons. The standard InChI is InChI=1S/C16H18BrN/c1-11-4-3-5-13(8-11)10-16(18)14-6-7-15(17)12(2)9-14/h3-9,16H,10,18H2,1-2H3. The van der Waals surface area contributed by atoms with Gasteiger partial charge in [0.25, 0.3) is 0 Å². The van der Waals surface area contributed by atoms with Gasteiger partial charge in [-0.1, -0.05) is 57.9 Å². The molecule has 0 radical (unpaired) electrons. The second-order valence-corrected chi connectivity index (χ2v) is 5.66. The van der Waals surface area contributed by atoms with Crippen molar-refractivity contribution in [3.05, 3.63) is 69.2 Å². The molecule has 1 nitrogen and oxygen atoms in total. The lowest BCUT2D eigenvalue weighted by atomic mass is 9.97. The maximum absolute atomic E-state index is 6.28. The molecule has 0 saturated carbocycles. The highest BCUT2D eigenvalue weighted by Crippen LogP contribution is 2.22. The molecule has 2 N–H and O–H groups in total. The van der Waals surface area contributed by atoms with Gasteiger partial charge in [0.2, 0.25) is 0 Å². The van der Waals surface area contributed by atoms with Crippen molar-refractivity contribution >= 4 is 15.9 Å². The Bertz CT molecular complexity index is 549. The summed E-state index contributed by atoms with van der Waals surface area (Å²) in [7, 11) is 0. The number of rotatable bonds is 3. The fourth-order valence-electron chi connectivity index (χ4n) is 2.11. The van der Waals surface area contributed by atoms with Gasteiger partial charge in [-0.25, -0.2) is 0 Å². The lowest BCUT2D eigenvalue weighted by Crippen LogP contribution is -2.13. The second-order valence-electron chi connectivity index (χ2n) is 4.81. The largest absolute Gasteiger partial charge is 0.324 e. The molecule has 0 bridgehead atoms. The summed E-state index contributed by atoms with van der Waals surface area (Å²) in [6.07, 6.45) is 0.878. The Labute approximate surface area is 117 Å². The Hall–Kier alpha value is -1.12. The molecule has 0 aliphatic rings. The van der Waals surface area contributed by atoms with Crippen LogP contribution in [0, 0.1) is 13.8 Å². The predicted molar refractivity (Wildman–Crippen MR) is 80.7 cm³/mol. The van der Waals surface area contributed by atoms with Crippen LogP contribution in [-0.2, 0) is 6.42 Å². The van der Waals surface area contributed by atoms with E-state index in [4.69, 9.17) is 5.73 Å². The van der Waals surface area contributed by atoms with Crippen molar-refractivity contribution in [3.8, 4) is 0 Å². The van der Waals surface area contributed by atoms with Gasteiger partial charge in [0.15, 0.2) is 0 Å². The van der Waals surface area contributed by atoms with Crippen molar-refractivity contribution in [2.75, 3.05) is 0 Å². The van der Waals surface area contributed by atoms with Gasteiger partial charge < -0.3 is 5.73 Å². The number of benzene rings is 2. The van der Waals surface area contributed by atoms with Crippen LogP contribution < -0.4 is 5.73 Å². The summed E-state index contributed by atoms with van der Waals surface area (Å²) in [5.41, 5.74) is 11.3. The van der Waals surface area contributed by atoms with Gasteiger partial charge in [0, 0.05) is 10.5 Å². The molecule has 0 aromatic heterocycles. The van der Waals surface area contributed by atoms with Crippen LogP contribution in [0.25, 0.3) is 0 Å². The van der Waals surface area contributed by atoms with E-state index in [1.807, 2.05) is 0 Å². The molecule has 1 atom stereocenters. The average molecular weight is 304 g/mol. The van der Waals surface area contributed by atoms with Crippen molar-refractivity contribution in [1.29, 1.82) is 0 Å². The maximum Gasteiger partial charge on any atom is 0.0335 e. The van der Waals surface area contributed by atoms with Crippen LogP contribution in [0.3, 0.4) is 0 Å². The molecule has 2 rings (SSSR count).